The fraction of sp³-hybridized carbons (Fsp3) is 0.333. The van der Waals surface area contributed by atoms with Gasteiger partial charge < -0.3 is 10.3 Å². The molecule has 0 saturated heterocycles. The van der Waals surface area contributed by atoms with Crippen molar-refractivity contribution in [3.63, 3.8) is 0 Å². The van der Waals surface area contributed by atoms with Crippen LogP contribution in [0.2, 0.25) is 0 Å². The first-order valence-corrected chi connectivity index (χ1v) is 7.79. The molecule has 0 saturated carbocycles. The lowest BCUT2D eigenvalue weighted by Crippen LogP contribution is -2.05. The highest BCUT2D eigenvalue weighted by atomic mass is 32.2. The zero-order valence-electron chi connectivity index (χ0n) is 10.5. The molecule has 0 unspecified atom stereocenters. The molecule has 0 amide bonds. The molecule has 2 N–H and O–H groups in total. The summed E-state index contributed by atoms with van der Waals surface area (Å²) in [5, 5.41) is 9.07. The van der Waals surface area contributed by atoms with Crippen LogP contribution < -0.4 is 5.73 Å². The van der Waals surface area contributed by atoms with E-state index in [0.717, 1.165) is 16.7 Å². The van der Waals surface area contributed by atoms with Crippen LogP contribution in [0.4, 0.5) is 0 Å². The number of hydrogen-bond acceptors (Lipinski definition) is 5. The lowest BCUT2D eigenvalue weighted by Gasteiger charge is -2.03. The summed E-state index contributed by atoms with van der Waals surface area (Å²) in [5.74, 6) is 1.71. The highest BCUT2D eigenvalue weighted by Crippen LogP contribution is 2.22. The van der Waals surface area contributed by atoms with Crippen molar-refractivity contribution in [3.05, 3.63) is 35.7 Å². The Hall–Kier alpha value is -0.980. The van der Waals surface area contributed by atoms with Gasteiger partial charge in [-0.05, 0) is 24.0 Å². The fourth-order valence-electron chi connectivity index (χ4n) is 1.52. The molecule has 2 aromatic rings. The summed E-state index contributed by atoms with van der Waals surface area (Å²) >= 11 is 3.43. The summed E-state index contributed by atoms with van der Waals surface area (Å²) in [5.41, 5.74) is 6.86. The Balaban J connectivity index is 1.99. The van der Waals surface area contributed by atoms with E-state index in [1.165, 1.54) is 10.5 Å². The minimum absolute atomic E-state index is 0.423. The molecule has 1 aromatic carbocycles. The Morgan fingerprint density at radius 2 is 1.94 bits per heavy atom. The summed E-state index contributed by atoms with van der Waals surface area (Å²) < 4.78 is 1.95. The van der Waals surface area contributed by atoms with Crippen LogP contribution in [0.15, 0.2) is 34.3 Å². The zero-order valence-corrected chi connectivity index (χ0v) is 12.1. The van der Waals surface area contributed by atoms with Gasteiger partial charge in [0.05, 0.1) is 6.54 Å². The lowest BCUT2D eigenvalue weighted by atomic mass is 10.2. The first-order chi connectivity index (χ1) is 8.74. The number of thioether (sulfide) groups is 2. The van der Waals surface area contributed by atoms with Gasteiger partial charge in [-0.1, -0.05) is 23.9 Å². The Bertz CT molecular complexity index is 507. The van der Waals surface area contributed by atoms with Crippen LogP contribution in [0.5, 0.6) is 0 Å². The SMILES string of the molecule is CSc1ccc(CSc2nnc(CN)n2C)cc1. The van der Waals surface area contributed by atoms with Gasteiger partial charge in [-0.3, -0.25) is 0 Å². The molecule has 0 aliphatic rings. The zero-order chi connectivity index (χ0) is 13.0. The van der Waals surface area contributed by atoms with E-state index in [9.17, 15) is 0 Å². The summed E-state index contributed by atoms with van der Waals surface area (Å²) in [7, 11) is 1.95. The van der Waals surface area contributed by atoms with E-state index >= 15 is 0 Å². The Labute approximate surface area is 115 Å². The molecule has 1 aromatic heterocycles. The van der Waals surface area contributed by atoms with Gasteiger partial charge in [0.1, 0.15) is 5.82 Å². The molecule has 0 aliphatic heterocycles. The van der Waals surface area contributed by atoms with Gasteiger partial charge in [-0.2, -0.15) is 0 Å². The molecule has 18 heavy (non-hydrogen) atoms. The van der Waals surface area contributed by atoms with Crippen molar-refractivity contribution in [1.29, 1.82) is 0 Å². The van der Waals surface area contributed by atoms with Crippen molar-refractivity contribution < 1.29 is 0 Å². The number of aromatic nitrogens is 3. The normalized spacial score (nSPS) is 10.8. The molecule has 1 heterocycles. The van der Waals surface area contributed by atoms with E-state index in [-0.39, 0.29) is 0 Å². The predicted molar refractivity (Wildman–Crippen MR) is 76.7 cm³/mol. The number of nitrogens with zero attached hydrogens (tertiary/aromatic N) is 3. The molecule has 96 valence electrons. The van der Waals surface area contributed by atoms with Gasteiger partial charge in [0.2, 0.25) is 0 Å². The van der Waals surface area contributed by atoms with Crippen molar-refractivity contribution in [3.8, 4) is 0 Å². The minimum atomic E-state index is 0.423. The van der Waals surface area contributed by atoms with Crippen LogP contribution in [0, 0.1) is 0 Å². The number of hydrogen-bond donors (Lipinski definition) is 1. The van der Waals surface area contributed by atoms with E-state index in [2.05, 4.69) is 40.7 Å². The van der Waals surface area contributed by atoms with E-state index in [1.807, 2.05) is 11.6 Å². The molecular weight excluding hydrogens is 264 g/mol. The van der Waals surface area contributed by atoms with Crippen LogP contribution in [-0.2, 0) is 19.3 Å². The Morgan fingerprint density at radius 1 is 1.22 bits per heavy atom. The molecule has 0 radical (unpaired) electrons. The summed E-state index contributed by atoms with van der Waals surface area (Å²) in [6.07, 6.45) is 2.08. The van der Waals surface area contributed by atoms with Crippen molar-refractivity contribution in [2.75, 3.05) is 6.26 Å². The van der Waals surface area contributed by atoms with E-state index in [0.29, 0.717) is 6.54 Å². The summed E-state index contributed by atoms with van der Waals surface area (Å²) in [6, 6.07) is 8.59. The molecule has 4 nitrogen and oxygen atoms in total. The first kappa shape index (κ1) is 13.5. The molecule has 0 atom stereocenters. The van der Waals surface area contributed by atoms with Gasteiger partial charge >= 0.3 is 0 Å². The third-order valence-electron chi connectivity index (χ3n) is 2.63. The summed E-state index contributed by atoms with van der Waals surface area (Å²) in [6.45, 7) is 0.423. The lowest BCUT2D eigenvalue weighted by molar-refractivity contribution is 0.734. The van der Waals surface area contributed by atoms with Crippen LogP contribution in [0.1, 0.15) is 11.4 Å². The van der Waals surface area contributed by atoms with E-state index in [4.69, 9.17) is 5.73 Å². The second-order valence-corrected chi connectivity index (χ2v) is 5.62. The predicted octanol–water partition coefficient (Wildman–Crippen LogP) is 2.29. The largest absolute Gasteiger partial charge is 0.324 e. The Morgan fingerprint density at radius 3 is 2.50 bits per heavy atom. The molecule has 0 bridgehead atoms. The van der Waals surface area contributed by atoms with Gasteiger partial charge in [0, 0.05) is 17.7 Å². The van der Waals surface area contributed by atoms with Crippen LogP contribution in [0.25, 0.3) is 0 Å². The van der Waals surface area contributed by atoms with Gasteiger partial charge in [0.25, 0.3) is 0 Å². The van der Waals surface area contributed by atoms with Crippen LogP contribution in [0.3, 0.4) is 0 Å². The maximum absolute atomic E-state index is 5.57. The van der Waals surface area contributed by atoms with E-state index < -0.39 is 0 Å². The average molecular weight is 280 g/mol. The standard InChI is InChI=1S/C12H16N4S2/c1-16-11(7-13)14-15-12(16)18-8-9-3-5-10(17-2)6-4-9/h3-6H,7-8,13H2,1-2H3. The van der Waals surface area contributed by atoms with Crippen molar-refractivity contribution in [1.82, 2.24) is 14.8 Å². The molecule has 0 aliphatic carbocycles. The molecular formula is C12H16N4S2. The average Bonchev–Trinajstić information content (AvgIpc) is 2.77. The highest BCUT2D eigenvalue weighted by Gasteiger charge is 2.07. The monoisotopic (exact) mass is 280 g/mol. The summed E-state index contributed by atoms with van der Waals surface area (Å²) in [4.78, 5) is 1.29. The number of benzene rings is 1. The first-order valence-electron chi connectivity index (χ1n) is 5.58. The third-order valence-corrected chi connectivity index (χ3v) is 4.47. The molecule has 6 heteroatoms. The van der Waals surface area contributed by atoms with Crippen molar-refractivity contribution in [2.45, 2.75) is 22.3 Å². The molecule has 0 fully saturated rings. The number of rotatable bonds is 5. The van der Waals surface area contributed by atoms with Crippen molar-refractivity contribution >= 4 is 23.5 Å². The van der Waals surface area contributed by atoms with Crippen molar-refractivity contribution in [2.24, 2.45) is 12.8 Å². The van der Waals surface area contributed by atoms with E-state index in [1.54, 1.807) is 23.5 Å². The second-order valence-electron chi connectivity index (χ2n) is 3.80. The van der Waals surface area contributed by atoms with Gasteiger partial charge in [-0.15, -0.1) is 22.0 Å². The van der Waals surface area contributed by atoms with Gasteiger partial charge in [0.15, 0.2) is 5.16 Å². The van der Waals surface area contributed by atoms with Crippen LogP contribution >= 0.6 is 23.5 Å². The maximum atomic E-state index is 5.57. The Kier molecular flexibility index (Phi) is 4.68. The maximum Gasteiger partial charge on any atom is 0.191 e. The van der Waals surface area contributed by atoms with Crippen LogP contribution in [-0.4, -0.2) is 21.0 Å². The molecule has 2 rings (SSSR count). The highest BCUT2D eigenvalue weighted by molar-refractivity contribution is 7.98. The topological polar surface area (TPSA) is 56.7 Å². The number of nitrogens with two attached hydrogens (primary N) is 1. The fourth-order valence-corrected chi connectivity index (χ4v) is 2.81. The minimum Gasteiger partial charge on any atom is -0.324 e. The third kappa shape index (κ3) is 3.07. The molecule has 0 spiro atoms. The van der Waals surface area contributed by atoms with Gasteiger partial charge in [-0.25, -0.2) is 0 Å². The smallest absolute Gasteiger partial charge is 0.191 e. The second kappa shape index (κ2) is 6.26. The quantitative estimate of drug-likeness (QED) is 0.852.